The number of pyridine rings is 2. The molecular formula is C22H22N4O2. The van der Waals surface area contributed by atoms with E-state index in [0.717, 1.165) is 27.6 Å². The fraction of sp³-hybridized carbons (Fsp3) is 0.273. The summed E-state index contributed by atoms with van der Waals surface area (Å²) in [6, 6.07) is 9.69. The molecule has 0 bridgehead atoms. The maximum absolute atomic E-state index is 12.8. The second kappa shape index (κ2) is 7.03. The largest absolute Gasteiger partial charge is 0.321 e. The van der Waals surface area contributed by atoms with Crippen molar-refractivity contribution in [3.63, 3.8) is 0 Å². The van der Waals surface area contributed by atoms with Crippen LogP contribution in [-0.2, 0) is 4.79 Å². The molecule has 0 fully saturated rings. The SMILES string of the molecule is CCC(=O)N1N=C(c2c(C)c3cnccc3[nH]c2=O)CC1c1ccc(C)cc1. The lowest BCUT2D eigenvalue weighted by atomic mass is 9.95. The first-order chi connectivity index (χ1) is 13.5. The third-order valence-electron chi connectivity index (χ3n) is 5.29. The number of nitrogens with zero attached hydrogens (tertiary/aromatic N) is 3. The maximum Gasteiger partial charge on any atom is 0.257 e. The summed E-state index contributed by atoms with van der Waals surface area (Å²) in [7, 11) is 0. The summed E-state index contributed by atoms with van der Waals surface area (Å²) in [5.41, 5.74) is 4.73. The first-order valence-corrected chi connectivity index (χ1v) is 9.42. The number of hydrogen-bond donors (Lipinski definition) is 1. The number of amides is 1. The van der Waals surface area contributed by atoms with Gasteiger partial charge >= 0.3 is 0 Å². The Morgan fingerprint density at radius 1 is 1.21 bits per heavy atom. The van der Waals surface area contributed by atoms with Crippen LogP contribution in [0.15, 0.2) is 52.6 Å². The lowest BCUT2D eigenvalue weighted by molar-refractivity contribution is -0.132. The number of rotatable bonds is 3. The predicted molar refractivity (Wildman–Crippen MR) is 109 cm³/mol. The molecule has 2 aromatic heterocycles. The molecule has 3 aromatic rings. The third kappa shape index (κ3) is 3.01. The van der Waals surface area contributed by atoms with Crippen LogP contribution < -0.4 is 5.56 Å². The van der Waals surface area contributed by atoms with E-state index in [9.17, 15) is 9.59 Å². The van der Waals surface area contributed by atoms with E-state index >= 15 is 0 Å². The first-order valence-electron chi connectivity index (χ1n) is 9.42. The Hall–Kier alpha value is -3.28. The predicted octanol–water partition coefficient (Wildman–Crippen LogP) is 3.63. The van der Waals surface area contributed by atoms with Crippen molar-refractivity contribution in [1.82, 2.24) is 15.0 Å². The minimum Gasteiger partial charge on any atom is -0.321 e. The van der Waals surface area contributed by atoms with E-state index in [0.29, 0.717) is 24.1 Å². The minimum atomic E-state index is -0.202. The standard InChI is InChI=1S/C22H22N4O2/c1-4-20(27)26-19(15-7-5-13(2)6-8-15)11-18(25-26)21-14(3)16-12-23-10-9-17(16)24-22(21)28/h5-10,12,19H,4,11H2,1-3H3,(H,24,28). The zero-order valence-corrected chi connectivity index (χ0v) is 16.2. The third-order valence-corrected chi connectivity index (χ3v) is 5.29. The quantitative estimate of drug-likeness (QED) is 0.760. The number of aromatic nitrogens is 2. The number of carbonyl (C=O) groups is 1. The summed E-state index contributed by atoms with van der Waals surface area (Å²) in [6.45, 7) is 5.76. The Morgan fingerprint density at radius 2 is 1.96 bits per heavy atom. The van der Waals surface area contributed by atoms with E-state index in [1.807, 2.05) is 45.0 Å². The highest BCUT2D eigenvalue weighted by Gasteiger charge is 2.34. The highest BCUT2D eigenvalue weighted by Crippen LogP contribution is 2.34. The van der Waals surface area contributed by atoms with E-state index in [1.54, 1.807) is 18.5 Å². The van der Waals surface area contributed by atoms with Crippen LogP contribution in [0.4, 0.5) is 0 Å². The van der Waals surface area contributed by atoms with Gasteiger partial charge in [-0.15, -0.1) is 0 Å². The second-order valence-corrected chi connectivity index (χ2v) is 7.14. The molecule has 6 nitrogen and oxygen atoms in total. The summed E-state index contributed by atoms with van der Waals surface area (Å²) in [5, 5.41) is 7.01. The number of fused-ring (bicyclic) bond motifs is 1. The highest BCUT2D eigenvalue weighted by atomic mass is 16.2. The van der Waals surface area contributed by atoms with Gasteiger partial charge in [0.25, 0.3) is 5.56 Å². The molecule has 1 atom stereocenters. The molecule has 1 unspecified atom stereocenters. The molecule has 28 heavy (non-hydrogen) atoms. The van der Waals surface area contributed by atoms with Crippen LogP contribution in [0.1, 0.15) is 48.1 Å². The zero-order chi connectivity index (χ0) is 19.8. The summed E-state index contributed by atoms with van der Waals surface area (Å²) < 4.78 is 0. The summed E-state index contributed by atoms with van der Waals surface area (Å²) in [5.74, 6) is -0.0582. The number of hydrogen-bond acceptors (Lipinski definition) is 4. The van der Waals surface area contributed by atoms with Crippen LogP contribution >= 0.6 is 0 Å². The molecule has 0 saturated heterocycles. The van der Waals surface area contributed by atoms with E-state index in [4.69, 9.17) is 0 Å². The monoisotopic (exact) mass is 374 g/mol. The zero-order valence-electron chi connectivity index (χ0n) is 16.2. The Bertz CT molecular complexity index is 1150. The molecule has 1 amide bonds. The lowest BCUT2D eigenvalue weighted by Crippen LogP contribution is -2.26. The van der Waals surface area contributed by atoms with E-state index in [1.165, 1.54) is 5.01 Å². The molecule has 6 heteroatoms. The number of aromatic amines is 1. The van der Waals surface area contributed by atoms with Crippen LogP contribution in [0, 0.1) is 13.8 Å². The van der Waals surface area contributed by atoms with Gasteiger partial charge in [0.15, 0.2) is 0 Å². The van der Waals surface area contributed by atoms with Crippen molar-refractivity contribution >= 4 is 22.5 Å². The van der Waals surface area contributed by atoms with Crippen LogP contribution in [0.5, 0.6) is 0 Å². The molecule has 1 N–H and O–H groups in total. The average Bonchev–Trinajstić information content (AvgIpc) is 3.13. The summed E-state index contributed by atoms with van der Waals surface area (Å²) in [6.07, 6.45) is 4.26. The van der Waals surface area contributed by atoms with Crippen LogP contribution in [-0.4, -0.2) is 26.6 Å². The molecular weight excluding hydrogens is 352 g/mol. The van der Waals surface area contributed by atoms with Crippen LogP contribution in [0.25, 0.3) is 10.9 Å². The van der Waals surface area contributed by atoms with Gasteiger partial charge in [0, 0.05) is 30.6 Å². The molecule has 4 rings (SSSR count). The van der Waals surface area contributed by atoms with E-state index < -0.39 is 0 Å². The molecule has 1 aliphatic heterocycles. The van der Waals surface area contributed by atoms with Crippen molar-refractivity contribution in [3.8, 4) is 0 Å². The number of aryl methyl sites for hydroxylation is 2. The Balaban J connectivity index is 1.82. The Morgan fingerprint density at radius 3 is 2.68 bits per heavy atom. The number of nitrogens with one attached hydrogen (secondary N) is 1. The van der Waals surface area contributed by atoms with Gasteiger partial charge in [0.2, 0.25) is 5.91 Å². The van der Waals surface area contributed by atoms with Gasteiger partial charge in [0.05, 0.1) is 22.8 Å². The molecule has 0 saturated carbocycles. The van der Waals surface area contributed by atoms with Gasteiger partial charge in [-0.1, -0.05) is 36.8 Å². The topological polar surface area (TPSA) is 78.4 Å². The van der Waals surface area contributed by atoms with Crippen molar-refractivity contribution in [2.45, 2.75) is 39.7 Å². The van der Waals surface area contributed by atoms with Gasteiger partial charge < -0.3 is 4.98 Å². The fourth-order valence-corrected chi connectivity index (χ4v) is 3.74. The van der Waals surface area contributed by atoms with Crippen molar-refractivity contribution in [2.24, 2.45) is 5.10 Å². The minimum absolute atomic E-state index is 0.0582. The van der Waals surface area contributed by atoms with Crippen molar-refractivity contribution < 1.29 is 4.79 Å². The maximum atomic E-state index is 12.8. The fourth-order valence-electron chi connectivity index (χ4n) is 3.74. The van der Waals surface area contributed by atoms with Gasteiger partial charge in [-0.05, 0) is 31.0 Å². The van der Waals surface area contributed by atoms with Crippen LogP contribution in [0.2, 0.25) is 0 Å². The molecule has 0 spiro atoms. The lowest BCUT2D eigenvalue weighted by Gasteiger charge is -2.21. The van der Waals surface area contributed by atoms with Crippen molar-refractivity contribution in [2.75, 3.05) is 0 Å². The molecule has 0 aliphatic carbocycles. The van der Waals surface area contributed by atoms with Gasteiger partial charge in [-0.2, -0.15) is 5.10 Å². The van der Waals surface area contributed by atoms with Gasteiger partial charge in [0.1, 0.15) is 0 Å². The van der Waals surface area contributed by atoms with E-state index in [-0.39, 0.29) is 17.5 Å². The second-order valence-electron chi connectivity index (χ2n) is 7.14. The van der Waals surface area contributed by atoms with Gasteiger partial charge in [-0.25, -0.2) is 5.01 Å². The Labute approximate surface area is 162 Å². The molecule has 0 radical (unpaired) electrons. The summed E-state index contributed by atoms with van der Waals surface area (Å²) >= 11 is 0. The van der Waals surface area contributed by atoms with E-state index in [2.05, 4.69) is 15.1 Å². The van der Waals surface area contributed by atoms with Crippen molar-refractivity contribution in [1.29, 1.82) is 0 Å². The number of carbonyl (C=O) groups excluding carboxylic acids is 1. The van der Waals surface area contributed by atoms with Crippen LogP contribution in [0.3, 0.4) is 0 Å². The number of hydrazone groups is 1. The Kier molecular flexibility index (Phi) is 4.55. The van der Waals surface area contributed by atoms with Gasteiger partial charge in [-0.3, -0.25) is 14.6 Å². The smallest absolute Gasteiger partial charge is 0.257 e. The average molecular weight is 374 g/mol. The molecule has 3 heterocycles. The summed E-state index contributed by atoms with van der Waals surface area (Å²) in [4.78, 5) is 32.4. The van der Waals surface area contributed by atoms with Crippen molar-refractivity contribution in [3.05, 3.63) is 75.3 Å². The molecule has 1 aliphatic rings. The molecule has 142 valence electrons. The number of H-pyrrole nitrogens is 1. The number of benzene rings is 1. The first kappa shape index (κ1) is 18.1. The normalized spacial score (nSPS) is 16.5. The highest BCUT2D eigenvalue weighted by molar-refractivity contribution is 6.06. The molecule has 1 aromatic carbocycles.